The molecule has 5 nitrogen and oxygen atoms in total. The third-order valence-corrected chi connectivity index (χ3v) is 2.76. The average molecular weight is 262 g/mol. The predicted octanol–water partition coefficient (Wildman–Crippen LogP) is 2.59. The van der Waals surface area contributed by atoms with Gasteiger partial charge < -0.3 is 19.7 Å². The van der Waals surface area contributed by atoms with Crippen LogP contribution < -0.4 is 15.2 Å². The van der Waals surface area contributed by atoms with E-state index >= 15 is 0 Å². The molecule has 0 aliphatic heterocycles. The van der Waals surface area contributed by atoms with Crippen LogP contribution in [0.5, 0.6) is 11.5 Å². The minimum absolute atomic E-state index is 0.0418. The first-order valence-electron chi connectivity index (χ1n) is 6.08. The van der Waals surface area contributed by atoms with Crippen LogP contribution in [0.15, 0.2) is 28.8 Å². The van der Waals surface area contributed by atoms with Gasteiger partial charge in [0.05, 0.1) is 12.8 Å². The molecule has 0 saturated heterocycles. The lowest BCUT2D eigenvalue weighted by Crippen LogP contribution is -2.05. The van der Waals surface area contributed by atoms with Crippen molar-refractivity contribution in [3.63, 3.8) is 0 Å². The molecule has 2 rings (SSSR count). The summed E-state index contributed by atoms with van der Waals surface area (Å²) in [7, 11) is 1.60. The summed E-state index contributed by atoms with van der Waals surface area (Å²) in [5.74, 6) is 1.99. The van der Waals surface area contributed by atoms with E-state index in [0.29, 0.717) is 23.9 Å². The highest BCUT2D eigenvalue weighted by atomic mass is 16.5. The molecular formula is C14H18N2O3. The summed E-state index contributed by atoms with van der Waals surface area (Å²) in [6.45, 7) is 4.10. The van der Waals surface area contributed by atoms with Gasteiger partial charge in [-0.05, 0) is 31.5 Å². The summed E-state index contributed by atoms with van der Waals surface area (Å²) >= 11 is 0. The van der Waals surface area contributed by atoms with E-state index in [1.54, 1.807) is 7.11 Å². The van der Waals surface area contributed by atoms with Crippen LogP contribution in [0.4, 0.5) is 0 Å². The number of hydrogen-bond acceptors (Lipinski definition) is 5. The highest BCUT2D eigenvalue weighted by Gasteiger charge is 2.09. The molecule has 5 heteroatoms. The number of ether oxygens (including phenoxy) is 2. The molecule has 0 amide bonds. The number of aromatic nitrogens is 1. The largest absolute Gasteiger partial charge is 0.493 e. The Labute approximate surface area is 112 Å². The lowest BCUT2D eigenvalue weighted by atomic mass is 10.1. The quantitative estimate of drug-likeness (QED) is 0.896. The van der Waals surface area contributed by atoms with Crippen LogP contribution in [0.25, 0.3) is 0 Å². The highest BCUT2D eigenvalue weighted by molar-refractivity contribution is 5.43. The van der Waals surface area contributed by atoms with E-state index in [-0.39, 0.29) is 6.04 Å². The van der Waals surface area contributed by atoms with Gasteiger partial charge >= 0.3 is 0 Å². The number of aryl methyl sites for hydroxylation is 1. The first kappa shape index (κ1) is 13.4. The van der Waals surface area contributed by atoms with Gasteiger partial charge in [0.1, 0.15) is 6.61 Å². The lowest BCUT2D eigenvalue weighted by molar-refractivity contribution is 0.238. The van der Waals surface area contributed by atoms with Crippen LogP contribution in [-0.2, 0) is 6.61 Å². The highest BCUT2D eigenvalue weighted by Crippen LogP contribution is 2.30. The van der Waals surface area contributed by atoms with Crippen molar-refractivity contribution in [3.8, 4) is 11.5 Å². The zero-order valence-corrected chi connectivity index (χ0v) is 11.3. The Kier molecular flexibility index (Phi) is 4.06. The number of nitrogens with two attached hydrogens (primary N) is 1. The minimum Gasteiger partial charge on any atom is -0.493 e. The molecule has 0 aliphatic rings. The second kappa shape index (κ2) is 5.75. The minimum atomic E-state index is -0.0418. The van der Waals surface area contributed by atoms with Crippen molar-refractivity contribution in [3.05, 3.63) is 41.3 Å². The van der Waals surface area contributed by atoms with Crippen molar-refractivity contribution in [2.45, 2.75) is 26.5 Å². The Morgan fingerprint density at radius 2 is 2.11 bits per heavy atom. The van der Waals surface area contributed by atoms with Gasteiger partial charge in [-0.2, -0.15) is 0 Å². The monoisotopic (exact) mass is 262 g/mol. The second-order valence-corrected chi connectivity index (χ2v) is 4.42. The van der Waals surface area contributed by atoms with Gasteiger partial charge in [-0.1, -0.05) is 11.2 Å². The fourth-order valence-electron chi connectivity index (χ4n) is 1.72. The number of rotatable bonds is 5. The fourth-order valence-corrected chi connectivity index (χ4v) is 1.72. The maximum Gasteiger partial charge on any atom is 0.174 e. The number of methoxy groups -OCH3 is 1. The zero-order chi connectivity index (χ0) is 13.8. The van der Waals surface area contributed by atoms with Crippen molar-refractivity contribution in [2.75, 3.05) is 7.11 Å². The molecule has 0 radical (unpaired) electrons. The second-order valence-electron chi connectivity index (χ2n) is 4.42. The van der Waals surface area contributed by atoms with Crippen LogP contribution in [0, 0.1) is 6.92 Å². The van der Waals surface area contributed by atoms with Crippen molar-refractivity contribution in [1.29, 1.82) is 0 Å². The maximum absolute atomic E-state index is 5.84. The van der Waals surface area contributed by atoms with Gasteiger partial charge in [-0.15, -0.1) is 0 Å². The Hall–Kier alpha value is -2.01. The Bertz CT molecular complexity index is 549. The Balaban J connectivity index is 2.11. The first-order valence-corrected chi connectivity index (χ1v) is 6.08. The van der Waals surface area contributed by atoms with E-state index in [1.165, 1.54) is 0 Å². The van der Waals surface area contributed by atoms with Crippen molar-refractivity contribution < 1.29 is 14.0 Å². The summed E-state index contributed by atoms with van der Waals surface area (Å²) in [4.78, 5) is 0. The van der Waals surface area contributed by atoms with E-state index in [2.05, 4.69) is 5.16 Å². The molecule has 1 atom stereocenters. The molecule has 102 valence electrons. The van der Waals surface area contributed by atoms with Gasteiger partial charge in [0.15, 0.2) is 17.3 Å². The molecule has 0 unspecified atom stereocenters. The van der Waals surface area contributed by atoms with Gasteiger partial charge in [-0.25, -0.2) is 0 Å². The van der Waals surface area contributed by atoms with Crippen LogP contribution in [0.1, 0.15) is 30.0 Å². The van der Waals surface area contributed by atoms with Gasteiger partial charge in [0.2, 0.25) is 0 Å². The summed E-state index contributed by atoms with van der Waals surface area (Å²) in [5, 5.41) is 3.81. The third kappa shape index (κ3) is 3.26. The molecular weight excluding hydrogens is 244 g/mol. The van der Waals surface area contributed by atoms with Crippen molar-refractivity contribution in [2.24, 2.45) is 5.73 Å². The van der Waals surface area contributed by atoms with Crippen LogP contribution in [0.2, 0.25) is 0 Å². The summed E-state index contributed by atoms with van der Waals surface area (Å²) in [5.41, 5.74) is 7.67. The predicted molar refractivity (Wildman–Crippen MR) is 71.2 cm³/mol. The molecule has 1 aromatic heterocycles. The molecule has 1 aromatic carbocycles. The standard InChI is InChI=1S/C14H18N2O3/c1-9-6-12(19-16-9)8-18-13-5-4-11(10(2)15)7-14(13)17-3/h4-7,10H,8,15H2,1-3H3/t10-/m0/s1. The van der Waals surface area contributed by atoms with Crippen LogP contribution >= 0.6 is 0 Å². The fraction of sp³-hybridized carbons (Fsp3) is 0.357. The molecule has 2 N–H and O–H groups in total. The van der Waals surface area contributed by atoms with Gasteiger partial charge in [0, 0.05) is 12.1 Å². The molecule has 0 aliphatic carbocycles. The van der Waals surface area contributed by atoms with Gasteiger partial charge in [0.25, 0.3) is 0 Å². The Morgan fingerprint density at radius 3 is 2.68 bits per heavy atom. The summed E-state index contributed by atoms with van der Waals surface area (Å²) in [6.07, 6.45) is 0. The van der Waals surface area contributed by atoms with Crippen molar-refractivity contribution >= 4 is 0 Å². The third-order valence-electron chi connectivity index (χ3n) is 2.76. The molecule has 0 spiro atoms. The Morgan fingerprint density at radius 1 is 1.32 bits per heavy atom. The number of nitrogens with zero attached hydrogens (tertiary/aromatic N) is 1. The van der Waals surface area contributed by atoms with E-state index in [0.717, 1.165) is 11.3 Å². The molecule has 1 heterocycles. The van der Waals surface area contributed by atoms with Crippen LogP contribution in [-0.4, -0.2) is 12.3 Å². The summed E-state index contributed by atoms with van der Waals surface area (Å²) < 4.78 is 16.1. The smallest absolute Gasteiger partial charge is 0.174 e. The maximum atomic E-state index is 5.84. The molecule has 0 saturated carbocycles. The molecule has 2 aromatic rings. The van der Waals surface area contributed by atoms with E-state index in [1.807, 2.05) is 38.1 Å². The molecule has 0 fully saturated rings. The normalized spacial score (nSPS) is 12.2. The average Bonchev–Trinajstić information content (AvgIpc) is 2.81. The van der Waals surface area contributed by atoms with E-state index in [4.69, 9.17) is 19.7 Å². The topological polar surface area (TPSA) is 70.5 Å². The van der Waals surface area contributed by atoms with E-state index < -0.39 is 0 Å². The SMILES string of the molecule is COc1cc([C@H](C)N)ccc1OCc1cc(C)no1. The van der Waals surface area contributed by atoms with Crippen molar-refractivity contribution in [1.82, 2.24) is 5.16 Å². The number of hydrogen-bond donors (Lipinski definition) is 1. The molecule has 19 heavy (non-hydrogen) atoms. The van der Waals surface area contributed by atoms with Gasteiger partial charge in [-0.3, -0.25) is 0 Å². The summed E-state index contributed by atoms with van der Waals surface area (Å²) in [6, 6.07) is 7.45. The molecule has 0 bridgehead atoms. The zero-order valence-electron chi connectivity index (χ0n) is 11.3. The van der Waals surface area contributed by atoms with Crippen LogP contribution in [0.3, 0.4) is 0 Å². The lowest BCUT2D eigenvalue weighted by Gasteiger charge is -2.12. The van der Waals surface area contributed by atoms with E-state index in [9.17, 15) is 0 Å². The first-order chi connectivity index (χ1) is 9.10. The number of benzene rings is 1.